The summed E-state index contributed by atoms with van der Waals surface area (Å²) in [5.74, 6) is 0. The zero-order valence-corrected chi connectivity index (χ0v) is 6.26. The van der Waals surface area contributed by atoms with E-state index in [4.69, 9.17) is 4.74 Å². The van der Waals surface area contributed by atoms with Crippen molar-refractivity contribution in [2.45, 2.75) is 25.9 Å². The second-order valence-corrected chi connectivity index (χ2v) is 3.07. The molecule has 0 aromatic heterocycles. The van der Waals surface area contributed by atoms with Gasteiger partial charge >= 0.3 is 0 Å². The molecule has 1 aliphatic carbocycles. The molecule has 1 heteroatoms. The van der Waals surface area contributed by atoms with Crippen LogP contribution in [0.15, 0.2) is 23.3 Å². The van der Waals surface area contributed by atoms with Crippen LogP contribution in [0, 0.1) is 0 Å². The summed E-state index contributed by atoms with van der Waals surface area (Å²) in [6.45, 7) is 3.09. The van der Waals surface area contributed by atoms with E-state index in [2.05, 4.69) is 19.1 Å². The van der Waals surface area contributed by atoms with Gasteiger partial charge in [0.05, 0.1) is 12.7 Å². The Morgan fingerprint density at radius 1 is 1.50 bits per heavy atom. The number of hydrogen-bond acceptors (Lipinski definition) is 1. The molecule has 0 N–H and O–H groups in total. The van der Waals surface area contributed by atoms with E-state index in [0.29, 0.717) is 6.10 Å². The van der Waals surface area contributed by atoms with Gasteiger partial charge in [0.15, 0.2) is 0 Å². The van der Waals surface area contributed by atoms with Crippen LogP contribution in [0.3, 0.4) is 0 Å². The van der Waals surface area contributed by atoms with Gasteiger partial charge in [-0.05, 0) is 25.3 Å². The summed E-state index contributed by atoms with van der Waals surface area (Å²) in [6.07, 6.45) is 7.13. The minimum atomic E-state index is 0.435. The van der Waals surface area contributed by atoms with Crippen molar-refractivity contribution >= 4 is 0 Å². The fourth-order valence-electron chi connectivity index (χ4n) is 1.58. The first-order valence-corrected chi connectivity index (χ1v) is 3.84. The summed E-state index contributed by atoms with van der Waals surface area (Å²) in [5, 5.41) is 0. The van der Waals surface area contributed by atoms with Crippen molar-refractivity contribution in [1.29, 1.82) is 0 Å². The van der Waals surface area contributed by atoms with Gasteiger partial charge in [0.1, 0.15) is 0 Å². The van der Waals surface area contributed by atoms with E-state index >= 15 is 0 Å². The van der Waals surface area contributed by atoms with Crippen molar-refractivity contribution in [3.63, 3.8) is 0 Å². The third kappa shape index (κ3) is 0.907. The molecule has 0 aromatic rings. The molecule has 1 heterocycles. The molecule has 0 aromatic carbocycles. The minimum absolute atomic E-state index is 0.435. The molecule has 0 amide bonds. The fraction of sp³-hybridized carbons (Fsp3) is 0.556. The number of hydrogen-bond donors (Lipinski definition) is 0. The quantitative estimate of drug-likeness (QED) is 0.495. The molecule has 2 aliphatic rings. The summed E-state index contributed by atoms with van der Waals surface area (Å²) in [4.78, 5) is 0. The summed E-state index contributed by atoms with van der Waals surface area (Å²) >= 11 is 0. The molecule has 1 nitrogen and oxygen atoms in total. The Bertz CT molecular complexity index is 201. The van der Waals surface area contributed by atoms with Gasteiger partial charge in [-0.3, -0.25) is 0 Å². The maximum atomic E-state index is 5.52. The van der Waals surface area contributed by atoms with Crippen LogP contribution in [0.1, 0.15) is 19.8 Å². The fourth-order valence-corrected chi connectivity index (χ4v) is 1.58. The zero-order chi connectivity index (χ0) is 6.97. The van der Waals surface area contributed by atoms with E-state index in [-0.39, 0.29) is 0 Å². The lowest BCUT2D eigenvalue weighted by Crippen LogP contribution is -2.10. The maximum Gasteiger partial charge on any atom is 0.0826 e. The van der Waals surface area contributed by atoms with Crippen molar-refractivity contribution < 1.29 is 4.74 Å². The first-order chi connectivity index (χ1) is 4.86. The van der Waals surface area contributed by atoms with Crippen LogP contribution in [0.2, 0.25) is 0 Å². The number of ether oxygens (including phenoxy) is 1. The standard InChI is InChI=1S/C9H12O/c1-7-2-3-8-4-5-10-9(8)6-7/h2-3,9H,4-6H2,1H3. The molecule has 1 unspecified atom stereocenters. The normalized spacial score (nSPS) is 31.1. The predicted molar refractivity (Wildman–Crippen MR) is 40.8 cm³/mol. The summed E-state index contributed by atoms with van der Waals surface area (Å²) in [6, 6.07) is 0. The average Bonchev–Trinajstić information content (AvgIpc) is 2.33. The van der Waals surface area contributed by atoms with E-state index in [1.165, 1.54) is 11.1 Å². The van der Waals surface area contributed by atoms with Crippen molar-refractivity contribution in [2.75, 3.05) is 6.61 Å². The molecule has 2 rings (SSSR count). The Balaban J connectivity index is 2.22. The van der Waals surface area contributed by atoms with Crippen LogP contribution in [0.5, 0.6) is 0 Å². The Morgan fingerprint density at radius 3 is 3.30 bits per heavy atom. The minimum Gasteiger partial charge on any atom is -0.373 e. The smallest absolute Gasteiger partial charge is 0.0826 e. The summed E-state index contributed by atoms with van der Waals surface area (Å²) < 4.78 is 5.52. The van der Waals surface area contributed by atoms with Gasteiger partial charge in [-0.2, -0.15) is 0 Å². The monoisotopic (exact) mass is 136 g/mol. The topological polar surface area (TPSA) is 9.23 Å². The first kappa shape index (κ1) is 6.17. The van der Waals surface area contributed by atoms with E-state index in [1.807, 2.05) is 0 Å². The second kappa shape index (κ2) is 2.24. The largest absolute Gasteiger partial charge is 0.373 e. The Kier molecular flexibility index (Phi) is 1.38. The average molecular weight is 136 g/mol. The molecule has 1 saturated heterocycles. The highest BCUT2D eigenvalue weighted by Gasteiger charge is 2.22. The van der Waals surface area contributed by atoms with Crippen molar-refractivity contribution in [3.05, 3.63) is 23.3 Å². The third-order valence-corrected chi connectivity index (χ3v) is 2.21. The van der Waals surface area contributed by atoms with E-state index < -0.39 is 0 Å². The lowest BCUT2D eigenvalue weighted by atomic mass is 9.97. The van der Waals surface area contributed by atoms with Crippen LogP contribution >= 0.6 is 0 Å². The van der Waals surface area contributed by atoms with Crippen molar-refractivity contribution in [2.24, 2.45) is 0 Å². The van der Waals surface area contributed by atoms with Gasteiger partial charge in [-0.25, -0.2) is 0 Å². The zero-order valence-electron chi connectivity index (χ0n) is 6.26. The van der Waals surface area contributed by atoms with Gasteiger partial charge in [-0.15, -0.1) is 0 Å². The highest BCUT2D eigenvalue weighted by atomic mass is 16.5. The highest BCUT2D eigenvalue weighted by Crippen LogP contribution is 2.28. The summed E-state index contributed by atoms with van der Waals surface area (Å²) in [5.41, 5.74) is 2.93. The SMILES string of the molecule is CC1=CC=C2CCOC2C1. The predicted octanol–water partition coefficient (Wildman–Crippen LogP) is 2.05. The van der Waals surface area contributed by atoms with Crippen molar-refractivity contribution in [3.8, 4) is 0 Å². The lowest BCUT2D eigenvalue weighted by molar-refractivity contribution is 0.124. The molecule has 1 atom stereocenters. The van der Waals surface area contributed by atoms with Gasteiger partial charge in [0.2, 0.25) is 0 Å². The molecule has 10 heavy (non-hydrogen) atoms. The Morgan fingerprint density at radius 2 is 2.40 bits per heavy atom. The van der Waals surface area contributed by atoms with Gasteiger partial charge < -0.3 is 4.74 Å². The maximum absolute atomic E-state index is 5.52. The summed E-state index contributed by atoms with van der Waals surface area (Å²) in [7, 11) is 0. The molecule has 0 bridgehead atoms. The van der Waals surface area contributed by atoms with Crippen LogP contribution in [0.25, 0.3) is 0 Å². The molecular weight excluding hydrogens is 124 g/mol. The molecular formula is C9H12O. The number of fused-ring (bicyclic) bond motifs is 1. The molecule has 54 valence electrons. The van der Waals surface area contributed by atoms with E-state index in [0.717, 1.165) is 19.4 Å². The van der Waals surface area contributed by atoms with Crippen LogP contribution in [0.4, 0.5) is 0 Å². The Labute approximate surface area is 61.4 Å². The number of rotatable bonds is 0. The molecule has 0 radical (unpaired) electrons. The van der Waals surface area contributed by atoms with Crippen LogP contribution in [-0.2, 0) is 4.74 Å². The molecule has 1 fully saturated rings. The molecule has 0 saturated carbocycles. The van der Waals surface area contributed by atoms with Crippen molar-refractivity contribution in [1.82, 2.24) is 0 Å². The third-order valence-electron chi connectivity index (χ3n) is 2.21. The molecule has 1 aliphatic heterocycles. The second-order valence-electron chi connectivity index (χ2n) is 3.07. The first-order valence-electron chi connectivity index (χ1n) is 3.84. The number of allylic oxidation sites excluding steroid dienone is 2. The van der Waals surface area contributed by atoms with E-state index in [9.17, 15) is 0 Å². The molecule has 0 spiro atoms. The van der Waals surface area contributed by atoms with Gasteiger partial charge in [0.25, 0.3) is 0 Å². The van der Waals surface area contributed by atoms with Gasteiger partial charge in [0, 0.05) is 0 Å². The van der Waals surface area contributed by atoms with E-state index in [1.54, 1.807) is 0 Å². The van der Waals surface area contributed by atoms with Crippen LogP contribution in [-0.4, -0.2) is 12.7 Å². The van der Waals surface area contributed by atoms with Crippen LogP contribution < -0.4 is 0 Å². The Hall–Kier alpha value is -0.560. The lowest BCUT2D eigenvalue weighted by Gasteiger charge is -2.15. The highest BCUT2D eigenvalue weighted by molar-refractivity contribution is 5.28. The van der Waals surface area contributed by atoms with Gasteiger partial charge in [-0.1, -0.05) is 17.7 Å².